The van der Waals surface area contributed by atoms with E-state index in [4.69, 9.17) is 0 Å². The predicted molar refractivity (Wildman–Crippen MR) is 75.6 cm³/mol. The summed E-state index contributed by atoms with van der Waals surface area (Å²) < 4.78 is 14.0. The van der Waals surface area contributed by atoms with Crippen LogP contribution in [0.5, 0.6) is 0 Å². The van der Waals surface area contributed by atoms with E-state index < -0.39 is 0 Å². The molecular formula is C14H24FN3. The number of anilines is 1. The first-order valence-corrected chi connectivity index (χ1v) is 6.39. The zero-order valence-corrected chi connectivity index (χ0v) is 11.8. The quantitative estimate of drug-likeness (QED) is 0.801. The normalized spacial score (nSPS) is 11.0. The van der Waals surface area contributed by atoms with Gasteiger partial charge in [-0.25, -0.2) is 4.39 Å². The molecule has 4 heteroatoms. The average Bonchev–Trinajstić information content (AvgIpc) is 2.33. The average molecular weight is 253 g/mol. The third kappa shape index (κ3) is 4.63. The van der Waals surface area contributed by atoms with Crippen molar-refractivity contribution in [1.82, 2.24) is 10.2 Å². The number of benzene rings is 1. The molecule has 102 valence electrons. The third-order valence-corrected chi connectivity index (χ3v) is 2.89. The van der Waals surface area contributed by atoms with Crippen LogP contribution in [0, 0.1) is 5.82 Å². The van der Waals surface area contributed by atoms with Crippen LogP contribution in [0.15, 0.2) is 18.2 Å². The van der Waals surface area contributed by atoms with E-state index in [9.17, 15) is 4.39 Å². The molecule has 1 rings (SSSR count). The molecule has 0 saturated carbocycles. The second-order valence-corrected chi connectivity index (χ2v) is 4.79. The summed E-state index contributed by atoms with van der Waals surface area (Å²) in [5, 5.41) is 3.19. The van der Waals surface area contributed by atoms with E-state index >= 15 is 0 Å². The van der Waals surface area contributed by atoms with E-state index in [0.29, 0.717) is 5.69 Å². The molecule has 0 aliphatic carbocycles. The first-order chi connectivity index (χ1) is 8.54. The van der Waals surface area contributed by atoms with Crippen LogP contribution in [-0.2, 0) is 6.54 Å². The Hall–Kier alpha value is -1.13. The number of hydrogen-bond acceptors (Lipinski definition) is 3. The van der Waals surface area contributed by atoms with Crippen LogP contribution in [0.3, 0.4) is 0 Å². The SMILES string of the molecule is CCNCc1ccc(N(C)CCN(C)C)c(F)c1. The Labute approximate surface area is 110 Å². The van der Waals surface area contributed by atoms with E-state index in [2.05, 4.69) is 10.2 Å². The highest BCUT2D eigenvalue weighted by Crippen LogP contribution is 2.19. The van der Waals surface area contributed by atoms with Crippen molar-refractivity contribution in [1.29, 1.82) is 0 Å². The highest BCUT2D eigenvalue weighted by molar-refractivity contribution is 5.48. The smallest absolute Gasteiger partial charge is 0.146 e. The van der Waals surface area contributed by atoms with Crippen molar-refractivity contribution < 1.29 is 4.39 Å². The molecule has 1 aromatic rings. The summed E-state index contributed by atoms with van der Waals surface area (Å²) in [5.74, 6) is -0.147. The fourth-order valence-corrected chi connectivity index (χ4v) is 1.71. The Balaban J connectivity index is 2.66. The number of likely N-dealkylation sites (N-methyl/N-ethyl adjacent to an activating group) is 2. The molecule has 0 bridgehead atoms. The molecule has 3 nitrogen and oxygen atoms in total. The van der Waals surface area contributed by atoms with Crippen molar-refractivity contribution in [3.8, 4) is 0 Å². The van der Waals surface area contributed by atoms with Crippen molar-refractivity contribution in [2.45, 2.75) is 13.5 Å². The summed E-state index contributed by atoms with van der Waals surface area (Å²) in [5.41, 5.74) is 1.65. The molecule has 0 amide bonds. The van der Waals surface area contributed by atoms with Crippen LogP contribution in [0.2, 0.25) is 0 Å². The maximum absolute atomic E-state index is 14.0. The number of nitrogens with one attached hydrogen (secondary N) is 1. The van der Waals surface area contributed by atoms with Gasteiger partial charge in [0.15, 0.2) is 0 Å². The molecule has 18 heavy (non-hydrogen) atoms. The maximum atomic E-state index is 14.0. The van der Waals surface area contributed by atoms with Gasteiger partial charge in [-0.1, -0.05) is 13.0 Å². The van der Waals surface area contributed by atoms with Gasteiger partial charge in [-0.05, 0) is 38.3 Å². The van der Waals surface area contributed by atoms with Gasteiger partial charge in [0.05, 0.1) is 5.69 Å². The van der Waals surface area contributed by atoms with Gasteiger partial charge in [-0.15, -0.1) is 0 Å². The summed E-state index contributed by atoms with van der Waals surface area (Å²) in [6, 6.07) is 5.45. The van der Waals surface area contributed by atoms with E-state index in [0.717, 1.165) is 31.7 Å². The molecule has 1 aromatic carbocycles. The van der Waals surface area contributed by atoms with Crippen molar-refractivity contribution >= 4 is 5.69 Å². The summed E-state index contributed by atoms with van der Waals surface area (Å²) >= 11 is 0. The number of rotatable bonds is 7. The zero-order valence-electron chi connectivity index (χ0n) is 11.8. The molecule has 0 saturated heterocycles. The molecule has 0 radical (unpaired) electrons. The minimum Gasteiger partial charge on any atom is -0.371 e. The summed E-state index contributed by atoms with van der Waals surface area (Å²) in [6.45, 7) is 5.38. The number of nitrogens with zero attached hydrogens (tertiary/aromatic N) is 2. The van der Waals surface area contributed by atoms with Gasteiger partial charge >= 0.3 is 0 Å². The second kappa shape index (κ2) is 7.34. The Kier molecular flexibility index (Phi) is 6.09. The molecule has 0 atom stereocenters. The van der Waals surface area contributed by atoms with Crippen molar-refractivity contribution in [3.05, 3.63) is 29.6 Å². The lowest BCUT2D eigenvalue weighted by atomic mass is 10.2. The molecule has 0 aromatic heterocycles. The highest BCUT2D eigenvalue weighted by Gasteiger charge is 2.08. The van der Waals surface area contributed by atoms with Crippen molar-refractivity contribution in [3.63, 3.8) is 0 Å². The van der Waals surface area contributed by atoms with Gasteiger partial charge in [-0.3, -0.25) is 0 Å². The molecule has 0 unspecified atom stereocenters. The zero-order chi connectivity index (χ0) is 13.5. The van der Waals surface area contributed by atoms with Crippen LogP contribution < -0.4 is 10.2 Å². The Morgan fingerprint density at radius 2 is 1.89 bits per heavy atom. The fraction of sp³-hybridized carbons (Fsp3) is 0.571. The predicted octanol–water partition coefficient (Wildman–Crippen LogP) is 1.93. The van der Waals surface area contributed by atoms with E-state index in [1.165, 1.54) is 0 Å². The van der Waals surface area contributed by atoms with E-state index in [1.54, 1.807) is 6.07 Å². The molecular weight excluding hydrogens is 229 g/mol. The fourth-order valence-electron chi connectivity index (χ4n) is 1.71. The largest absolute Gasteiger partial charge is 0.371 e. The van der Waals surface area contributed by atoms with Gasteiger partial charge in [0.1, 0.15) is 5.82 Å². The van der Waals surface area contributed by atoms with E-state index in [-0.39, 0.29) is 5.82 Å². The molecule has 0 aliphatic rings. The minimum absolute atomic E-state index is 0.147. The Bertz CT molecular complexity index is 366. The van der Waals surface area contributed by atoms with Crippen LogP contribution >= 0.6 is 0 Å². The second-order valence-electron chi connectivity index (χ2n) is 4.79. The lowest BCUT2D eigenvalue weighted by Gasteiger charge is -2.22. The number of hydrogen-bond donors (Lipinski definition) is 1. The first-order valence-electron chi connectivity index (χ1n) is 6.39. The van der Waals surface area contributed by atoms with Crippen LogP contribution in [0.4, 0.5) is 10.1 Å². The lowest BCUT2D eigenvalue weighted by Crippen LogP contribution is -2.29. The molecule has 0 spiro atoms. The topological polar surface area (TPSA) is 18.5 Å². The van der Waals surface area contributed by atoms with Crippen molar-refractivity contribution in [2.75, 3.05) is 45.7 Å². The van der Waals surface area contributed by atoms with Gasteiger partial charge in [0, 0.05) is 26.7 Å². The molecule has 1 N–H and O–H groups in total. The van der Waals surface area contributed by atoms with Gasteiger partial charge in [-0.2, -0.15) is 0 Å². The van der Waals surface area contributed by atoms with Gasteiger partial charge < -0.3 is 15.1 Å². The molecule has 0 fully saturated rings. The maximum Gasteiger partial charge on any atom is 0.146 e. The minimum atomic E-state index is -0.147. The standard InChI is InChI=1S/C14H24FN3/c1-5-16-11-12-6-7-14(13(15)10-12)18(4)9-8-17(2)3/h6-7,10,16H,5,8-9,11H2,1-4H3. The molecule has 0 heterocycles. The van der Waals surface area contributed by atoms with E-state index in [1.807, 2.05) is 45.1 Å². The Morgan fingerprint density at radius 3 is 2.44 bits per heavy atom. The summed E-state index contributed by atoms with van der Waals surface area (Å²) in [7, 11) is 5.96. The lowest BCUT2D eigenvalue weighted by molar-refractivity contribution is 0.416. The van der Waals surface area contributed by atoms with Crippen LogP contribution in [0.25, 0.3) is 0 Å². The molecule has 0 aliphatic heterocycles. The Morgan fingerprint density at radius 1 is 1.17 bits per heavy atom. The van der Waals surface area contributed by atoms with Gasteiger partial charge in [0.25, 0.3) is 0 Å². The first kappa shape index (κ1) is 14.9. The van der Waals surface area contributed by atoms with Crippen LogP contribution in [-0.4, -0.2) is 45.7 Å². The third-order valence-electron chi connectivity index (χ3n) is 2.89. The summed E-state index contributed by atoms with van der Waals surface area (Å²) in [4.78, 5) is 4.04. The monoisotopic (exact) mass is 253 g/mol. The van der Waals surface area contributed by atoms with Crippen molar-refractivity contribution in [2.24, 2.45) is 0 Å². The van der Waals surface area contributed by atoms with Gasteiger partial charge in [0.2, 0.25) is 0 Å². The highest BCUT2D eigenvalue weighted by atomic mass is 19.1. The van der Waals surface area contributed by atoms with Crippen LogP contribution in [0.1, 0.15) is 12.5 Å². The number of halogens is 1. The summed E-state index contributed by atoms with van der Waals surface area (Å²) in [6.07, 6.45) is 0.